The smallest absolute Gasteiger partial charge is 0.394 e. The molecule has 23 heteroatoms. The van der Waals surface area contributed by atoms with Gasteiger partial charge in [-0.2, -0.15) is 8.42 Å². The minimum Gasteiger partial charge on any atom is -0.481 e. The Balaban J connectivity index is -0.000000133. The molecular formula is C17H24O22S. The molecule has 0 saturated heterocycles. The first-order chi connectivity index (χ1) is 17.7. The maximum absolute atomic E-state index is 10.3. The molecule has 0 aromatic rings. The fourth-order valence-corrected chi connectivity index (χ4v) is 0.999. The lowest BCUT2D eigenvalue weighted by atomic mass is 9.96. The van der Waals surface area contributed by atoms with Gasteiger partial charge in [-0.3, -0.25) is 18.7 Å². The molecule has 22 nitrogen and oxygen atoms in total. The molecule has 0 aliphatic carbocycles. The maximum Gasteiger partial charge on any atom is 0.394 e. The van der Waals surface area contributed by atoms with E-state index in [1.54, 1.807) is 0 Å². The molecule has 1 unspecified atom stereocenters. The van der Waals surface area contributed by atoms with Gasteiger partial charge in [0.05, 0.1) is 12.8 Å². The van der Waals surface area contributed by atoms with E-state index in [9.17, 15) is 38.4 Å². The van der Waals surface area contributed by atoms with Crippen molar-refractivity contribution < 1.29 is 107 Å². The molecular weight excluding hydrogens is 588 g/mol. The molecule has 0 amide bonds. The van der Waals surface area contributed by atoms with Crippen LogP contribution in [0.2, 0.25) is 0 Å². The van der Waals surface area contributed by atoms with Crippen molar-refractivity contribution in [3.05, 3.63) is 24.3 Å². The van der Waals surface area contributed by atoms with Gasteiger partial charge in [0.1, 0.15) is 6.10 Å². The lowest BCUT2D eigenvalue weighted by Crippen LogP contribution is -2.42. The average Bonchev–Trinajstić information content (AvgIpc) is 2.69. The Morgan fingerprint density at radius 1 is 0.625 bits per heavy atom. The number of aliphatic hydroxyl groups is 2. The Labute approximate surface area is 221 Å². The van der Waals surface area contributed by atoms with E-state index in [0.29, 0.717) is 24.3 Å². The third-order valence-electron chi connectivity index (χ3n) is 2.38. The van der Waals surface area contributed by atoms with E-state index in [4.69, 9.17) is 68.6 Å². The normalized spacial score (nSPS) is 10.8. The lowest BCUT2D eigenvalue weighted by molar-refractivity contribution is -0.170. The van der Waals surface area contributed by atoms with Gasteiger partial charge >= 0.3 is 58.2 Å². The predicted molar refractivity (Wildman–Crippen MR) is 119 cm³/mol. The molecule has 0 aliphatic heterocycles. The van der Waals surface area contributed by atoms with Crippen molar-refractivity contribution in [3.63, 3.8) is 0 Å². The Hall–Kier alpha value is -4.97. The van der Waals surface area contributed by atoms with Crippen molar-refractivity contribution in [3.8, 4) is 0 Å². The van der Waals surface area contributed by atoms with Crippen molar-refractivity contribution in [2.24, 2.45) is 0 Å². The number of carbonyl (C=O) groups is 8. The van der Waals surface area contributed by atoms with Crippen LogP contribution >= 0.6 is 0 Å². The molecule has 12 N–H and O–H groups in total. The number of carboxylic acids is 8. The van der Waals surface area contributed by atoms with Crippen LogP contribution < -0.4 is 0 Å². The summed E-state index contributed by atoms with van der Waals surface area (Å²) >= 11 is 0. The van der Waals surface area contributed by atoms with Crippen molar-refractivity contribution >= 4 is 58.2 Å². The first kappa shape index (κ1) is 45.0. The van der Waals surface area contributed by atoms with Gasteiger partial charge < -0.3 is 51.1 Å². The number of hydrogen-bond donors (Lipinski definition) is 12. The zero-order valence-electron chi connectivity index (χ0n) is 19.7. The monoisotopic (exact) mass is 612 g/mol. The van der Waals surface area contributed by atoms with E-state index in [1.165, 1.54) is 6.92 Å². The highest BCUT2D eigenvalue weighted by Crippen LogP contribution is 2.15. The van der Waals surface area contributed by atoms with Crippen LogP contribution in [0.1, 0.15) is 19.8 Å². The fourth-order valence-electron chi connectivity index (χ4n) is 0.999. The quantitative estimate of drug-likeness (QED) is 0.0861. The van der Waals surface area contributed by atoms with Crippen LogP contribution in [0.25, 0.3) is 0 Å². The highest BCUT2D eigenvalue weighted by Gasteiger charge is 2.40. The van der Waals surface area contributed by atoms with Crippen molar-refractivity contribution in [1.29, 1.82) is 0 Å². The molecule has 40 heavy (non-hydrogen) atoms. The Kier molecular flexibility index (Phi) is 26.1. The summed E-state index contributed by atoms with van der Waals surface area (Å²) in [4.78, 5) is 78.1. The van der Waals surface area contributed by atoms with Crippen LogP contribution in [0.15, 0.2) is 24.3 Å². The summed E-state index contributed by atoms with van der Waals surface area (Å²) in [5.41, 5.74) is -2.74. The summed E-state index contributed by atoms with van der Waals surface area (Å²) in [6.45, 7) is 1.20. The minimum absolute atomic E-state index is 0.558. The summed E-state index contributed by atoms with van der Waals surface area (Å²) in [6, 6.07) is 0. The van der Waals surface area contributed by atoms with E-state index in [-0.39, 0.29) is 0 Å². The number of rotatable bonds is 10. The van der Waals surface area contributed by atoms with Gasteiger partial charge in [-0.25, -0.2) is 28.8 Å². The summed E-state index contributed by atoms with van der Waals surface area (Å²) in [7, 11) is -4.67. The van der Waals surface area contributed by atoms with Gasteiger partial charge in [0, 0.05) is 24.3 Å². The number of hydrogen-bond acceptors (Lipinski definition) is 12. The minimum atomic E-state index is -4.67. The Morgan fingerprint density at radius 3 is 0.875 bits per heavy atom. The number of carboxylic acid groups (broad SMARTS) is 8. The third-order valence-corrected chi connectivity index (χ3v) is 2.38. The van der Waals surface area contributed by atoms with E-state index >= 15 is 0 Å². The zero-order valence-corrected chi connectivity index (χ0v) is 20.5. The highest BCUT2D eigenvalue weighted by molar-refractivity contribution is 7.79. The van der Waals surface area contributed by atoms with E-state index in [2.05, 4.69) is 0 Å². The Morgan fingerprint density at radius 2 is 0.800 bits per heavy atom. The molecule has 0 radical (unpaired) electrons. The molecule has 0 saturated carbocycles. The van der Waals surface area contributed by atoms with Gasteiger partial charge in [-0.1, -0.05) is 0 Å². The van der Waals surface area contributed by atoms with Crippen molar-refractivity contribution in [1.82, 2.24) is 0 Å². The van der Waals surface area contributed by atoms with E-state index in [1.807, 2.05) is 0 Å². The predicted octanol–water partition coefficient (Wildman–Crippen LogP) is -3.03. The van der Waals surface area contributed by atoms with Crippen LogP contribution in [0.3, 0.4) is 0 Å². The molecule has 0 heterocycles. The van der Waals surface area contributed by atoms with Crippen LogP contribution in [-0.2, 0) is 48.8 Å². The average molecular weight is 612 g/mol. The fraction of sp³-hybridized carbons (Fsp3) is 0.294. The standard InChI is InChI=1S/C6H8O7.2C4H4O4.C3H6O3.H2O4S/c7-3(8)1-6(13,5(11)12)2-4(9)10;2*5-3(6)1-2-4(7)8;1-2(4)3(5)6;1-5(2,3)4/h13H,1-2H2,(H,7,8)(H,9,10)(H,11,12);2*1-2H,(H,5,6)(H,7,8);2,4H,1H3,(H,5,6);(H2,1,2,3,4)/b;2-1+;2-1-;;. The van der Waals surface area contributed by atoms with Crippen molar-refractivity contribution in [2.45, 2.75) is 31.5 Å². The molecule has 1 atom stereocenters. The molecule has 0 aromatic carbocycles. The number of aliphatic hydroxyl groups excluding tert-OH is 1. The second-order valence-corrected chi connectivity index (χ2v) is 6.86. The van der Waals surface area contributed by atoms with Crippen LogP contribution in [0.4, 0.5) is 0 Å². The molecule has 0 aliphatic rings. The maximum atomic E-state index is 10.3. The molecule has 0 aromatic heterocycles. The first-order valence-corrected chi connectivity index (χ1v) is 10.4. The molecule has 0 spiro atoms. The first-order valence-electron chi connectivity index (χ1n) is 8.95. The summed E-state index contributed by atoms with van der Waals surface area (Å²) in [5.74, 6) is -11.2. The summed E-state index contributed by atoms with van der Waals surface area (Å²) in [6.07, 6.45) is -1.29. The van der Waals surface area contributed by atoms with Gasteiger partial charge in [0.15, 0.2) is 5.60 Å². The molecule has 0 fully saturated rings. The van der Waals surface area contributed by atoms with Crippen LogP contribution in [0, 0.1) is 0 Å². The molecule has 0 bridgehead atoms. The van der Waals surface area contributed by atoms with Crippen LogP contribution in [-0.4, -0.2) is 128 Å². The topological polar surface area (TPSA) is 413 Å². The summed E-state index contributed by atoms with van der Waals surface area (Å²) in [5, 5.41) is 80.8. The second kappa shape index (κ2) is 23.2. The largest absolute Gasteiger partial charge is 0.481 e. The van der Waals surface area contributed by atoms with Gasteiger partial charge in [-0.05, 0) is 6.92 Å². The van der Waals surface area contributed by atoms with E-state index < -0.39 is 82.7 Å². The lowest BCUT2D eigenvalue weighted by Gasteiger charge is -2.18. The van der Waals surface area contributed by atoms with Crippen molar-refractivity contribution in [2.75, 3.05) is 0 Å². The van der Waals surface area contributed by atoms with Gasteiger partial charge in [-0.15, -0.1) is 0 Å². The van der Waals surface area contributed by atoms with Gasteiger partial charge in [0.2, 0.25) is 0 Å². The zero-order chi connectivity index (χ0) is 33.4. The Bertz CT molecular complexity index is 959. The molecule has 230 valence electrons. The molecule has 0 rings (SSSR count). The second-order valence-electron chi connectivity index (χ2n) is 5.96. The van der Waals surface area contributed by atoms with Crippen LogP contribution in [0.5, 0.6) is 0 Å². The third kappa shape index (κ3) is 54.1. The summed E-state index contributed by atoms with van der Waals surface area (Å²) < 4.78 is 31.6. The SMILES string of the molecule is CC(O)C(=O)O.O=C(O)/C=C/C(=O)O.O=C(O)/C=C\C(=O)O.O=C(O)CC(O)(CC(=O)O)C(=O)O.O=S(=O)(O)O. The highest BCUT2D eigenvalue weighted by atomic mass is 32.3. The number of aliphatic carboxylic acids is 8. The van der Waals surface area contributed by atoms with Gasteiger partial charge in [0.25, 0.3) is 0 Å². The van der Waals surface area contributed by atoms with E-state index in [0.717, 1.165) is 0 Å².